The lowest BCUT2D eigenvalue weighted by Gasteiger charge is -2.25. The van der Waals surface area contributed by atoms with Crippen molar-refractivity contribution >= 4 is 27.5 Å². The molecule has 0 radical (unpaired) electrons. The summed E-state index contributed by atoms with van der Waals surface area (Å²) in [4.78, 5) is 14.8. The smallest absolute Gasteiger partial charge is 0.222 e. The summed E-state index contributed by atoms with van der Waals surface area (Å²) >= 11 is 0. The first-order chi connectivity index (χ1) is 11.8. The zero-order chi connectivity index (χ0) is 16.6. The minimum Gasteiger partial charge on any atom is -0.342 e. The third kappa shape index (κ3) is 5.45. The molecule has 24 heavy (non-hydrogen) atoms. The molecule has 1 aromatic rings. The maximum Gasteiger partial charge on any atom is 0.222 e. The summed E-state index contributed by atoms with van der Waals surface area (Å²) in [5.74, 6) is 2.21. The molecule has 2 aliphatic heterocycles. The van der Waals surface area contributed by atoms with Crippen molar-refractivity contribution in [2.75, 3.05) is 18.8 Å². The molecule has 0 bridgehead atoms. The van der Waals surface area contributed by atoms with Gasteiger partial charge in [-0.25, -0.2) is 0 Å². The fraction of sp³-hybridized carbons (Fsp3) is 0.650. The molecule has 2 atom stereocenters. The van der Waals surface area contributed by atoms with Crippen LogP contribution in [0.5, 0.6) is 0 Å². The predicted molar refractivity (Wildman–Crippen MR) is 107 cm³/mol. The molecule has 1 aromatic carbocycles. The van der Waals surface area contributed by atoms with Crippen LogP contribution in [0.3, 0.4) is 0 Å². The highest BCUT2D eigenvalue weighted by molar-refractivity contribution is 8.77. The van der Waals surface area contributed by atoms with Crippen molar-refractivity contribution in [3.8, 4) is 0 Å². The van der Waals surface area contributed by atoms with E-state index in [1.807, 2.05) is 10.8 Å². The fourth-order valence-electron chi connectivity index (χ4n) is 3.74. The molecule has 2 nitrogen and oxygen atoms in total. The Kier molecular flexibility index (Phi) is 7.40. The Hall–Kier alpha value is -0.610. The summed E-state index contributed by atoms with van der Waals surface area (Å²) in [6.45, 7) is 1.87. The monoisotopic (exact) mass is 363 g/mol. The van der Waals surface area contributed by atoms with Gasteiger partial charge in [0.2, 0.25) is 5.91 Å². The summed E-state index contributed by atoms with van der Waals surface area (Å²) in [5.41, 5.74) is 1.40. The number of hydrogen-bond acceptors (Lipinski definition) is 3. The third-order valence-corrected chi connectivity index (χ3v) is 8.20. The Labute approximate surface area is 154 Å². The Morgan fingerprint density at radius 3 is 2.79 bits per heavy atom. The molecule has 3 rings (SSSR count). The van der Waals surface area contributed by atoms with Crippen molar-refractivity contribution in [2.45, 2.75) is 62.5 Å². The summed E-state index contributed by atoms with van der Waals surface area (Å²) in [7, 11) is 4.06. The highest BCUT2D eigenvalue weighted by Gasteiger charge is 2.23. The lowest BCUT2D eigenvalue weighted by atomic mass is 9.94. The maximum absolute atomic E-state index is 12.6. The van der Waals surface area contributed by atoms with Crippen molar-refractivity contribution < 1.29 is 4.79 Å². The van der Waals surface area contributed by atoms with Crippen LogP contribution < -0.4 is 0 Å². The van der Waals surface area contributed by atoms with E-state index in [0.717, 1.165) is 37.6 Å². The summed E-state index contributed by atoms with van der Waals surface area (Å²) in [5, 5.41) is 0.839. The van der Waals surface area contributed by atoms with Crippen LogP contribution in [0.1, 0.15) is 62.8 Å². The van der Waals surface area contributed by atoms with Gasteiger partial charge in [-0.3, -0.25) is 4.79 Å². The molecule has 2 aliphatic rings. The summed E-state index contributed by atoms with van der Waals surface area (Å²) < 4.78 is 0. The molecule has 0 aromatic heterocycles. The van der Waals surface area contributed by atoms with Crippen LogP contribution in [0.15, 0.2) is 30.3 Å². The first-order valence-electron chi connectivity index (χ1n) is 9.44. The van der Waals surface area contributed by atoms with E-state index in [-0.39, 0.29) is 0 Å². The van der Waals surface area contributed by atoms with Gasteiger partial charge in [0, 0.05) is 36.4 Å². The van der Waals surface area contributed by atoms with Gasteiger partial charge < -0.3 is 4.90 Å². The largest absolute Gasteiger partial charge is 0.342 e. The number of carbonyl (C=O) groups is 1. The zero-order valence-electron chi connectivity index (χ0n) is 14.5. The van der Waals surface area contributed by atoms with Crippen LogP contribution in [0.25, 0.3) is 0 Å². The number of carbonyl (C=O) groups excluding carboxylic acids is 1. The van der Waals surface area contributed by atoms with E-state index in [2.05, 4.69) is 46.0 Å². The van der Waals surface area contributed by atoms with Gasteiger partial charge in [-0.05, 0) is 37.7 Å². The second-order valence-electron chi connectivity index (χ2n) is 7.02. The molecule has 0 spiro atoms. The van der Waals surface area contributed by atoms with E-state index in [4.69, 9.17) is 0 Å². The van der Waals surface area contributed by atoms with E-state index in [0.29, 0.717) is 11.8 Å². The SMILES string of the molecule is O=C(CCCC[C@H]1CCSS1)N1CCCC[C@H](c2ccccc2)C1. The van der Waals surface area contributed by atoms with Gasteiger partial charge in [0.1, 0.15) is 0 Å². The Morgan fingerprint density at radius 1 is 1.12 bits per heavy atom. The van der Waals surface area contributed by atoms with Crippen LogP contribution in [-0.4, -0.2) is 34.9 Å². The first kappa shape index (κ1) is 18.2. The summed E-state index contributed by atoms with van der Waals surface area (Å²) in [6, 6.07) is 10.7. The Bertz CT molecular complexity index is 502. The standard InChI is InChI=1S/C20H29NOS2/c22-20(12-5-4-11-19-13-15-23-24-19)21-14-7-6-10-18(16-21)17-8-2-1-3-9-17/h1-3,8-9,18-19H,4-7,10-16H2/t18-,19-/m0/s1. The predicted octanol–water partition coefficient (Wildman–Crippen LogP) is 5.50. The molecule has 132 valence electrons. The zero-order valence-corrected chi connectivity index (χ0v) is 16.1. The van der Waals surface area contributed by atoms with Gasteiger partial charge in [-0.1, -0.05) is 64.8 Å². The Morgan fingerprint density at radius 2 is 2.00 bits per heavy atom. The molecule has 2 heterocycles. The average Bonchev–Trinajstić information content (AvgIpc) is 3.01. The molecule has 0 unspecified atom stereocenters. The lowest BCUT2D eigenvalue weighted by Crippen LogP contribution is -2.33. The molecule has 0 N–H and O–H groups in total. The molecule has 1 amide bonds. The van der Waals surface area contributed by atoms with Crippen molar-refractivity contribution in [3.63, 3.8) is 0 Å². The fourth-order valence-corrected chi connectivity index (χ4v) is 6.76. The van der Waals surface area contributed by atoms with Crippen molar-refractivity contribution in [3.05, 3.63) is 35.9 Å². The van der Waals surface area contributed by atoms with Gasteiger partial charge in [0.25, 0.3) is 0 Å². The van der Waals surface area contributed by atoms with E-state index >= 15 is 0 Å². The second-order valence-corrected chi connectivity index (χ2v) is 9.81. The maximum atomic E-state index is 12.6. The van der Waals surface area contributed by atoms with Crippen molar-refractivity contribution in [1.82, 2.24) is 4.90 Å². The number of amides is 1. The molecular formula is C20H29NOS2. The molecular weight excluding hydrogens is 334 g/mol. The van der Waals surface area contributed by atoms with Crippen LogP contribution >= 0.6 is 21.6 Å². The minimum absolute atomic E-state index is 0.381. The van der Waals surface area contributed by atoms with Crippen molar-refractivity contribution in [1.29, 1.82) is 0 Å². The molecule has 4 heteroatoms. The average molecular weight is 364 g/mol. The normalized spacial score (nSPS) is 24.8. The minimum atomic E-state index is 0.381. The molecule has 0 saturated carbocycles. The van der Waals surface area contributed by atoms with Crippen LogP contribution in [0.4, 0.5) is 0 Å². The van der Waals surface area contributed by atoms with Crippen LogP contribution in [0, 0.1) is 0 Å². The number of likely N-dealkylation sites (tertiary alicyclic amines) is 1. The number of rotatable bonds is 6. The van der Waals surface area contributed by atoms with Gasteiger partial charge >= 0.3 is 0 Å². The van der Waals surface area contributed by atoms with Crippen molar-refractivity contribution in [2.24, 2.45) is 0 Å². The van der Waals surface area contributed by atoms with Crippen LogP contribution in [-0.2, 0) is 4.79 Å². The third-order valence-electron chi connectivity index (χ3n) is 5.19. The Balaban J connectivity index is 1.44. The van der Waals surface area contributed by atoms with E-state index < -0.39 is 0 Å². The van der Waals surface area contributed by atoms with E-state index in [1.54, 1.807) is 0 Å². The van der Waals surface area contributed by atoms with Gasteiger partial charge in [0.15, 0.2) is 0 Å². The number of benzene rings is 1. The van der Waals surface area contributed by atoms with E-state index in [9.17, 15) is 4.79 Å². The van der Waals surface area contributed by atoms with Crippen LogP contribution in [0.2, 0.25) is 0 Å². The quantitative estimate of drug-likeness (QED) is 0.492. The molecule has 2 fully saturated rings. The topological polar surface area (TPSA) is 20.3 Å². The number of nitrogens with zero attached hydrogens (tertiary/aromatic N) is 1. The van der Waals surface area contributed by atoms with Gasteiger partial charge in [0.05, 0.1) is 0 Å². The molecule has 2 saturated heterocycles. The van der Waals surface area contributed by atoms with Gasteiger partial charge in [-0.2, -0.15) is 0 Å². The second kappa shape index (κ2) is 9.76. The lowest BCUT2D eigenvalue weighted by molar-refractivity contribution is -0.131. The molecule has 0 aliphatic carbocycles. The van der Waals surface area contributed by atoms with Gasteiger partial charge in [-0.15, -0.1) is 0 Å². The highest BCUT2D eigenvalue weighted by atomic mass is 33.1. The first-order valence-corrected chi connectivity index (χ1v) is 11.8. The number of unbranched alkanes of at least 4 members (excludes halogenated alkanes) is 1. The highest BCUT2D eigenvalue weighted by Crippen LogP contribution is 2.39. The summed E-state index contributed by atoms with van der Waals surface area (Å²) in [6.07, 6.45) is 9.26. The van der Waals surface area contributed by atoms with E-state index in [1.165, 1.54) is 43.4 Å². The number of hydrogen-bond donors (Lipinski definition) is 0.